The van der Waals surface area contributed by atoms with Crippen molar-refractivity contribution in [2.24, 2.45) is 0 Å². The van der Waals surface area contributed by atoms with Crippen LogP contribution in [0.1, 0.15) is 27.2 Å². The number of carbonyl (C=O) groups excluding carboxylic acids is 1. The van der Waals surface area contributed by atoms with E-state index < -0.39 is 0 Å². The van der Waals surface area contributed by atoms with Crippen molar-refractivity contribution in [1.29, 1.82) is 0 Å². The number of fused-ring (bicyclic) bond motifs is 1. The molecule has 0 saturated carbocycles. The second-order valence-corrected chi connectivity index (χ2v) is 7.49. The first-order chi connectivity index (χ1) is 15.3. The highest BCUT2D eigenvalue weighted by molar-refractivity contribution is 6.00. The third kappa shape index (κ3) is 4.05. The molecule has 1 aliphatic heterocycles. The van der Waals surface area contributed by atoms with Gasteiger partial charge in [-0.15, -0.1) is 0 Å². The predicted molar refractivity (Wildman–Crippen MR) is 117 cm³/mol. The zero-order valence-electron chi connectivity index (χ0n) is 17.0. The molecule has 1 aliphatic rings. The van der Waals surface area contributed by atoms with Crippen molar-refractivity contribution in [3.8, 4) is 11.4 Å². The number of ether oxygens (including phenoxy) is 1. The minimum atomic E-state index is 0.0135. The van der Waals surface area contributed by atoms with Crippen molar-refractivity contribution in [3.05, 3.63) is 108 Å². The molecule has 5 rings (SSSR count). The fraction of sp³-hybridized carbons (Fsp3) is 0.160. The molecule has 0 N–H and O–H groups in total. The van der Waals surface area contributed by atoms with E-state index in [1.165, 1.54) is 0 Å². The van der Waals surface area contributed by atoms with E-state index in [0.29, 0.717) is 37.4 Å². The maximum Gasteiger partial charge on any atom is 0.258 e. The number of hydrogen-bond donors (Lipinski definition) is 0. The molecule has 6 heteroatoms. The van der Waals surface area contributed by atoms with Crippen LogP contribution in [0.4, 0.5) is 0 Å². The molecule has 0 fully saturated rings. The lowest BCUT2D eigenvalue weighted by molar-refractivity contribution is 0.0763. The first-order valence-corrected chi connectivity index (χ1v) is 10.3. The molecule has 0 radical (unpaired) electrons. The second-order valence-electron chi connectivity index (χ2n) is 7.49. The lowest BCUT2D eigenvalue weighted by Gasteiger charge is -2.16. The van der Waals surface area contributed by atoms with Crippen molar-refractivity contribution in [3.63, 3.8) is 0 Å². The number of benzene rings is 2. The molecule has 0 atom stereocenters. The van der Waals surface area contributed by atoms with Crippen molar-refractivity contribution in [2.75, 3.05) is 6.61 Å². The molecule has 2 aromatic heterocycles. The zero-order valence-corrected chi connectivity index (χ0v) is 17.0. The van der Waals surface area contributed by atoms with E-state index in [2.05, 4.69) is 10.1 Å². The van der Waals surface area contributed by atoms with Gasteiger partial charge in [0.25, 0.3) is 5.91 Å². The first kappa shape index (κ1) is 19.1. The summed E-state index contributed by atoms with van der Waals surface area (Å²) in [5.74, 6) is 0.662. The van der Waals surface area contributed by atoms with Crippen LogP contribution >= 0.6 is 0 Å². The SMILES string of the molecule is O=C1c2c(cccc2OCCc2ccccn2)CN1Cc1ccc(-n2cccn2)cc1. The Morgan fingerprint density at radius 3 is 2.61 bits per heavy atom. The summed E-state index contributed by atoms with van der Waals surface area (Å²) in [6.07, 6.45) is 6.14. The van der Waals surface area contributed by atoms with Gasteiger partial charge in [-0.2, -0.15) is 5.10 Å². The Kier molecular flexibility index (Phi) is 5.19. The maximum atomic E-state index is 13.1. The number of carbonyl (C=O) groups is 1. The summed E-state index contributed by atoms with van der Waals surface area (Å²) < 4.78 is 7.80. The zero-order chi connectivity index (χ0) is 21.0. The van der Waals surface area contributed by atoms with E-state index in [1.807, 2.05) is 82.5 Å². The Labute approximate surface area is 180 Å². The quantitative estimate of drug-likeness (QED) is 0.461. The highest BCUT2D eigenvalue weighted by atomic mass is 16.5. The summed E-state index contributed by atoms with van der Waals surface area (Å²) in [6, 6.07) is 21.7. The number of pyridine rings is 1. The van der Waals surface area contributed by atoms with Gasteiger partial charge in [0.1, 0.15) is 5.75 Å². The molecule has 0 unspecified atom stereocenters. The standard InChI is InChI=1S/C25H22N4O2/c30-25-24-20(5-3-7-23(24)31-16-12-21-6-1-2-13-26-21)18-28(25)17-19-8-10-22(11-9-19)29-15-4-14-27-29/h1-11,13-15H,12,16-18H2. The molecule has 4 aromatic rings. The molecule has 154 valence electrons. The Balaban J connectivity index is 1.26. The van der Waals surface area contributed by atoms with Gasteiger partial charge in [-0.05, 0) is 47.5 Å². The van der Waals surface area contributed by atoms with Gasteiger partial charge in [-0.3, -0.25) is 9.78 Å². The van der Waals surface area contributed by atoms with Crippen molar-refractivity contribution >= 4 is 5.91 Å². The Morgan fingerprint density at radius 1 is 0.935 bits per heavy atom. The summed E-state index contributed by atoms with van der Waals surface area (Å²) in [5, 5.41) is 4.25. The van der Waals surface area contributed by atoms with Gasteiger partial charge in [0.2, 0.25) is 0 Å². The largest absolute Gasteiger partial charge is 0.492 e. The van der Waals surface area contributed by atoms with E-state index in [4.69, 9.17) is 4.74 Å². The predicted octanol–water partition coefficient (Wildman–Crippen LogP) is 4.04. The Hall–Kier alpha value is -3.93. The van der Waals surface area contributed by atoms with E-state index in [0.717, 1.165) is 22.5 Å². The average Bonchev–Trinajstić information content (AvgIpc) is 3.45. The molecule has 0 spiro atoms. The third-order valence-corrected chi connectivity index (χ3v) is 5.40. The number of amides is 1. The number of aromatic nitrogens is 3. The first-order valence-electron chi connectivity index (χ1n) is 10.3. The smallest absolute Gasteiger partial charge is 0.258 e. The maximum absolute atomic E-state index is 13.1. The van der Waals surface area contributed by atoms with Gasteiger partial charge in [-0.1, -0.05) is 30.3 Å². The number of nitrogens with zero attached hydrogens (tertiary/aromatic N) is 4. The van der Waals surface area contributed by atoms with Crippen LogP contribution in [0, 0.1) is 0 Å². The van der Waals surface area contributed by atoms with Crippen LogP contribution in [0.2, 0.25) is 0 Å². The summed E-state index contributed by atoms with van der Waals surface area (Å²) in [7, 11) is 0. The second kappa shape index (κ2) is 8.44. The molecule has 0 saturated heterocycles. The minimum Gasteiger partial charge on any atom is -0.492 e. The van der Waals surface area contributed by atoms with Crippen LogP contribution < -0.4 is 4.74 Å². The van der Waals surface area contributed by atoms with Gasteiger partial charge in [-0.25, -0.2) is 4.68 Å². The van der Waals surface area contributed by atoms with Crippen molar-refractivity contribution in [2.45, 2.75) is 19.5 Å². The van der Waals surface area contributed by atoms with Gasteiger partial charge in [0.05, 0.1) is 17.9 Å². The summed E-state index contributed by atoms with van der Waals surface area (Å²) in [5.41, 5.74) is 4.73. The third-order valence-electron chi connectivity index (χ3n) is 5.40. The van der Waals surface area contributed by atoms with Crippen LogP contribution in [0.25, 0.3) is 5.69 Å². The monoisotopic (exact) mass is 410 g/mol. The van der Waals surface area contributed by atoms with Gasteiger partial charge < -0.3 is 9.64 Å². The highest BCUT2D eigenvalue weighted by Crippen LogP contribution is 2.32. The van der Waals surface area contributed by atoms with Gasteiger partial charge in [0, 0.05) is 43.8 Å². The van der Waals surface area contributed by atoms with E-state index >= 15 is 0 Å². The lowest BCUT2D eigenvalue weighted by atomic mass is 10.1. The average molecular weight is 410 g/mol. The fourth-order valence-electron chi connectivity index (χ4n) is 3.84. The normalized spacial score (nSPS) is 12.8. The number of rotatable bonds is 7. The molecule has 0 aliphatic carbocycles. The molecule has 6 nitrogen and oxygen atoms in total. The molecule has 3 heterocycles. The summed E-state index contributed by atoms with van der Waals surface area (Å²) in [4.78, 5) is 19.3. The molecule has 31 heavy (non-hydrogen) atoms. The molecule has 2 aromatic carbocycles. The highest BCUT2D eigenvalue weighted by Gasteiger charge is 2.30. The van der Waals surface area contributed by atoms with E-state index in [-0.39, 0.29) is 5.91 Å². The molecule has 0 bridgehead atoms. The summed E-state index contributed by atoms with van der Waals surface area (Å²) in [6.45, 7) is 1.63. The minimum absolute atomic E-state index is 0.0135. The fourth-order valence-corrected chi connectivity index (χ4v) is 3.84. The summed E-state index contributed by atoms with van der Waals surface area (Å²) >= 11 is 0. The van der Waals surface area contributed by atoms with Crippen molar-refractivity contribution < 1.29 is 9.53 Å². The Bertz CT molecular complexity index is 1170. The van der Waals surface area contributed by atoms with Crippen LogP contribution in [-0.4, -0.2) is 32.2 Å². The van der Waals surface area contributed by atoms with Crippen LogP contribution in [0.3, 0.4) is 0 Å². The van der Waals surface area contributed by atoms with Gasteiger partial charge in [0.15, 0.2) is 0 Å². The molecular weight excluding hydrogens is 388 g/mol. The topological polar surface area (TPSA) is 60.2 Å². The lowest BCUT2D eigenvalue weighted by Crippen LogP contribution is -2.23. The van der Waals surface area contributed by atoms with E-state index in [1.54, 1.807) is 12.4 Å². The number of hydrogen-bond acceptors (Lipinski definition) is 4. The Morgan fingerprint density at radius 2 is 1.84 bits per heavy atom. The van der Waals surface area contributed by atoms with Gasteiger partial charge >= 0.3 is 0 Å². The van der Waals surface area contributed by atoms with Crippen LogP contribution in [0.5, 0.6) is 5.75 Å². The van der Waals surface area contributed by atoms with Crippen LogP contribution in [0.15, 0.2) is 85.3 Å². The molecule has 1 amide bonds. The van der Waals surface area contributed by atoms with E-state index in [9.17, 15) is 4.79 Å². The van der Waals surface area contributed by atoms with Crippen molar-refractivity contribution in [1.82, 2.24) is 19.7 Å². The van der Waals surface area contributed by atoms with Crippen LogP contribution in [-0.2, 0) is 19.5 Å². The molecular formula is C25H22N4O2.